The van der Waals surface area contributed by atoms with Crippen molar-refractivity contribution >= 4 is 29.1 Å². The van der Waals surface area contributed by atoms with Crippen molar-refractivity contribution in [3.63, 3.8) is 0 Å². The van der Waals surface area contributed by atoms with Gasteiger partial charge < -0.3 is 15.4 Å². The number of alkyl halides is 3. The minimum atomic E-state index is -4.64. The predicted octanol–water partition coefficient (Wildman–Crippen LogP) is 3.74. The second-order valence-corrected chi connectivity index (χ2v) is 5.53. The summed E-state index contributed by atoms with van der Waals surface area (Å²) in [7, 11) is 1.40. The van der Waals surface area contributed by atoms with E-state index in [9.17, 15) is 22.8 Å². The number of hydrogen-bond donors (Lipinski definition) is 2. The van der Waals surface area contributed by atoms with Gasteiger partial charge in [0.1, 0.15) is 5.75 Å². The Balaban J connectivity index is 2.00. The highest BCUT2D eigenvalue weighted by molar-refractivity contribution is 6.31. The van der Waals surface area contributed by atoms with Crippen LogP contribution >= 0.6 is 11.6 Å². The van der Waals surface area contributed by atoms with Gasteiger partial charge in [-0.3, -0.25) is 9.59 Å². The smallest absolute Gasteiger partial charge is 0.417 e. The molecule has 9 heteroatoms. The Morgan fingerprint density at radius 3 is 2.50 bits per heavy atom. The Bertz CT molecular complexity index is 825. The molecule has 2 aromatic rings. The first-order valence-electron chi connectivity index (χ1n) is 7.30. The number of methoxy groups -OCH3 is 1. The number of anilines is 1. The standard InChI is InChI=1S/C17H14ClF3N2O3/c1-26-14-5-3-2-4-11(14)16(25)22-9-15(24)23-10-6-7-13(18)12(8-10)17(19,20)21/h2-8H,9H2,1H3,(H,22,25)(H,23,24). The molecule has 138 valence electrons. The number of para-hydroxylation sites is 1. The molecule has 26 heavy (non-hydrogen) atoms. The van der Waals surface area contributed by atoms with Crippen LogP contribution < -0.4 is 15.4 Å². The SMILES string of the molecule is COc1ccccc1C(=O)NCC(=O)Nc1ccc(Cl)c(C(F)(F)F)c1. The lowest BCUT2D eigenvalue weighted by Gasteiger charge is -2.12. The van der Waals surface area contributed by atoms with E-state index >= 15 is 0 Å². The molecule has 0 fully saturated rings. The maximum atomic E-state index is 12.8. The summed E-state index contributed by atoms with van der Waals surface area (Å²) < 4.78 is 43.5. The highest BCUT2D eigenvalue weighted by atomic mass is 35.5. The van der Waals surface area contributed by atoms with Crippen LogP contribution in [0.1, 0.15) is 15.9 Å². The first-order valence-corrected chi connectivity index (χ1v) is 7.68. The molecule has 5 nitrogen and oxygen atoms in total. The molecule has 0 spiro atoms. The molecule has 2 N–H and O–H groups in total. The van der Waals surface area contributed by atoms with Gasteiger partial charge in [0.05, 0.1) is 29.8 Å². The average Bonchev–Trinajstić information content (AvgIpc) is 2.60. The third kappa shape index (κ3) is 4.89. The maximum Gasteiger partial charge on any atom is 0.417 e. The van der Waals surface area contributed by atoms with E-state index in [1.807, 2.05) is 0 Å². The number of benzene rings is 2. The molecule has 2 aromatic carbocycles. The first kappa shape index (κ1) is 19.6. The molecule has 2 rings (SSSR count). The van der Waals surface area contributed by atoms with E-state index in [0.717, 1.165) is 12.1 Å². The van der Waals surface area contributed by atoms with E-state index in [0.29, 0.717) is 5.75 Å². The highest BCUT2D eigenvalue weighted by Crippen LogP contribution is 2.36. The van der Waals surface area contributed by atoms with Crippen molar-refractivity contribution in [2.75, 3.05) is 19.0 Å². The Hall–Kier alpha value is -2.74. The molecule has 0 aliphatic heterocycles. The summed E-state index contributed by atoms with van der Waals surface area (Å²) >= 11 is 5.51. The van der Waals surface area contributed by atoms with E-state index in [2.05, 4.69) is 10.6 Å². The molecule has 0 aliphatic carbocycles. The van der Waals surface area contributed by atoms with Crippen LogP contribution in [0.3, 0.4) is 0 Å². The first-order chi connectivity index (χ1) is 12.2. The summed E-state index contributed by atoms with van der Waals surface area (Å²) in [5.74, 6) is -0.911. The Morgan fingerprint density at radius 1 is 1.15 bits per heavy atom. The van der Waals surface area contributed by atoms with Gasteiger partial charge in [0, 0.05) is 5.69 Å². The van der Waals surface area contributed by atoms with Gasteiger partial charge in [-0.15, -0.1) is 0 Å². The summed E-state index contributed by atoms with van der Waals surface area (Å²) in [6.45, 7) is -0.430. The number of hydrogen-bond acceptors (Lipinski definition) is 3. The fraction of sp³-hybridized carbons (Fsp3) is 0.176. The molecule has 0 heterocycles. The topological polar surface area (TPSA) is 67.4 Å². The second-order valence-electron chi connectivity index (χ2n) is 5.12. The molecule has 0 unspecified atom stereocenters. The van der Waals surface area contributed by atoms with Crippen LogP contribution in [0.25, 0.3) is 0 Å². The summed E-state index contributed by atoms with van der Waals surface area (Å²) in [6, 6.07) is 9.40. The third-order valence-corrected chi connectivity index (χ3v) is 3.65. The predicted molar refractivity (Wildman–Crippen MR) is 90.4 cm³/mol. The molecule has 2 amide bonds. The van der Waals surface area contributed by atoms with E-state index < -0.39 is 35.1 Å². The van der Waals surface area contributed by atoms with Crippen LogP contribution in [-0.2, 0) is 11.0 Å². The number of rotatable bonds is 5. The minimum Gasteiger partial charge on any atom is -0.496 e. The van der Waals surface area contributed by atoms with Gasteiger partial charge in [0.25, 0.3) is 5.91 Å². The third-order valence-electron chi connectivity index (χ3n) is 3.32. The largest absolute Gasteiger partial charge is 0.496 e. The quantitative estimate of drug-likeness (QED) is 0.822. The number of nitrogens with one attached hydrogen (secondary N) is 2. The normalized spacial score (nSPS) is 11.0. The molecular formula is C17H14ClF3N2O3. The highest BCUT2D eigenvalue weighted by Gasteiger charge is 2.33. The molecule has 0 aromatic heterocycles. The molecule has 0 radical (unpaired) electrons. The van der Waals surface area contributed by atoms with Gasteiger partial charge in [-0.2, -0.15) is 13.2 Å². The zero-order chi connectivity index (χ0) is 19.3. The van der Waals surface area contributed by atoms with E-state index in [-0.39, 0.29) is 11.3 Å². The molecular weight excluding hydrogens is 373 g/mol. The second kappa shape index (κ2) is 8.09. The minimum absolute atomic E-state index is 0.0849. The van der Waals surface area contributed by atoms with Gasteiger partial charge in [-0.05, 0) is 30.3 Å². The molecule has 0 saturated carbocycles. The summed E-state index contributed by atoms with van der Waals surface area (Å²) in [5, 5.41) is 4.17. The van der Waals surface area contributed by atoms with Crippen LogP contribution in [-0.4, -0.2) is 25.5 Å². The lowest BCUT2D eigenvalue weighted by molar-refractivity contribution is -0.137. The Kier molecular flexibility index (Phi) is 6.10. The monoisotopic (exact) mass is 386 g/mol. The summed E-state index contributed by atoms with van der Waals surface area (Å²) in [6.07, 6.45) is -4.64. The van der Waals surface area contributed by atoms with Crippen molar-refractivity contribution in [3.8, 4) is 5.75 Å². The van der Waals surface area contributed by atoms with Crippen molar-refractivity contribution in [2.45, 2.75) is 6.18 Å². The summed E-state index contributed by atoms with van der Waals surface area (Å²) in [5.41, 5.74) is -0.915. The van der Waals surface area contributed by atoms with Crippen molar-refractivity contribution < 1.29 is 27.5 Å². The molecule has 0 bridgehead atoms. The number of halogens is 4. The van der Waals surface area contributed by atoms with E-state index in [1.165, 1.54) is 19.2 Å². The number of carbonyl (C=O) groups excluding carboxylic acids is 2. The number of amides is 2. The lowest BCUT2D eigenvalue weighted by Crippen LogP contribution is -2.33. The van der Waals surface area contributed by atoms with Crippen LogP contribution in [0.4, 0.5) is 18.9 Å². The number of ether oxygens (including phenoxy) is 1. The fourth-order valence-corrected chi connectivity index (χ4v) is 2.34. The average molecular weight is 387 g/mol. The zero-order valence-electron chi connectivity index (χ0n) is 13.5. The van der Waals surface area contributed by atoms with E-state index in [4.69, 9.17) is 16.3 Å². The Labute approximate surface area is 152 Å². The molecule has 0 aliphatic rings. The summed E-state index contributed by atoms with van der Waals surface area (Å²) in [4.78, 5) is 24.0. The van der Waals surface area contributed by atoms with Crippen LogP contribution in [0.15, 0.2) is 42.5 Å². The van der Waals surface area contributed by atoms with Crippen molar-refractivity contribution in [1.29, 1.82) is 0 Å². The van der Waals surface area contributed by atoms with Gasteiger partial charge in [-0.1, -0.05) is 23.7 Å². The van der Waals surface area contributed by atoms with Crippen molar-refractivity contribution in [3.05, 3.63) is 58.6 Å². The van der Waals surface area contributed by atoms with Gasteiger partial charge in [-0.25, -0.2) is 0 Å². The van der Waals surface area contributed by atoms with Crippen LogP contribution in [0, 0.1) is 0 Å². The van der Waals surface area contributed by atoms with Gasteiger partial charge in [0.15, 0.2) is 0 Å². The number of carbonyl (C=O) groups is 2. The lowest BCUT2D eigenvalue weighted by atomic mass is 10.2. The van der Waals surface area contributed by atoms with Gasteiger partial charge >= 0.3 is 6.18 Å². The fourth-order valence-electron chi connectivity index (χ4n) is 2.11. The zero-order valence-corrected chi connectivity index (χ0v) is 14.2. The van der Waals surface area contributed by atoms with E-state index in [1.54, 1.807) is 18.2 Å². The molecule has 0 saturated heterocycles. The van der Waals surface area contributed by atoms with Crippen molar-refractivity contribution in [2.24, 2.45) is 0 Å². The van der Waals surface area contributed by atoms with Gasteiger partial charge in [0.2, 0.25) is 5.91 Å². The molecule has 0 atom stereocenters. The van der Waals surface area contributed by atoms with Crippen LogP contribution in [0.2, 0.25) is 5.02 Å². The maximum absolute atomic E-state index is 12.8. The Morgan fingerprint density at radius 2 is 1.85 bits per heavy atom. The van der Waals surface area contributed by atoms with Crippen molar-refractivity contribution in [1.82, 2.24) is 5.32 Å². The van der Waals surface area contributed by atoms with Crippen LogP contribution in [0.5, 0.6) is 5.75 Å².